The van der Waals surface area contributed by atoms with Gasteiger partial charge in [-0.05, 0) is 125 Å². The van der Waals surface area contributed by atoms with Crippen LogP contribution in [0.2, 0.25) is 0 Å². The SMILES string of the molecule is CN[C@@H](C)C(=O)N[C@H](C(=O)N1C[C@@H](NC(=O)C2(C(=O)N[C@H]3C[C@@H](C(=O)N[C@@H]4CCCc5ccccc54)N(C(=O)[C@@H](NC(=O)[C@H](C)NC)C(C)(C)C)C3)CC2)C[C@H]1C(=O)N[C@@H]1CCCc2ccccc21)C(C)(C)C.Cl. The van der Waals surface area contributed by atoms with Gasteiger partial charge in [0.05, 0.1) is 24.2 Å². The Bertz CT molecular complexity index is 2270. The summed E-state index contributed by atoms with van der Waals surface area (Å²) in [4.78, 5) is 117. The van der Waals surface area contributed by atoms with Crippen LogP contribution in [0, 0.1) is 16.2 Å². The molecule has 0 unspecified atom stereocenters. The van der Waals surface area contributed by atoms with E-state index in [2.05, 4.69) is 54.7 Å². The highest BCUT2D eigenvalue weighted by Gasteiger charge is 2.59. The highest BCUT2D eigenvalue weighted by Crippen LogP contribution is 2.47. The Balaban J connectivity index is 0.00000892. The van der Waals surface area contributed by atoms with Gasteiger partial charge >= 0.3 is 0 Å². The van der Waals surface area contributed by atoms with Crippen LogP contribution in [0.4, 0.5) is 0 Å². The molecule has 18 nitrogen and oxygen atoms in total. The van der Waals surface area contributed by atoms with Crippen molar-refractivity contribution in [3.63, 3.8) is 0 Å². The Kier molecular flexibility index (Phi) is 18.3. The quantitative estimate of drug-likeness (QED) is 0.114. The predicted octanol–water partition coefficient (Wildman–Crippen LogP) is 3.03. The zero-order valence-electron chi connectivity index (χ0n) is 44.9. The van der Waals surface area contributed by atoms with Crippen LogP contribution in [0.25, 0.3) is 0 Å². The highest BCUT2D eigenvalue weighted by atomic mass is 35.5. The molecule has 0 aromatic heterocycles. The standard InChI is InChI=1S/C55H80N10O8.ClH/c1-31(56-9)45(66)62-43(53(3,4)5)49(70)64-29-35(27-41(64)47(68)60-39-23-15-19-33-17-11-13-21-37(33)39)58-51(72)55(25-26-55)52(73)59-36-28-42(48(69)61-40-24-16-20-34-18-12-14-22-38(34)40)65(30-36)50(71)44(54(6,7)8)63-46(67)32(2)57-10;/h11-14,17-18,21-22,31-32,35-36,39-44,56-57H,15-16,19-20,23-30H2,1-10H3,(H,58,72)(H,59,73)(H,60,68)(H,61,69)(H,62,66)(H,63,67);1H/t31-,32-,35-,36-,39+,40+,41-,42-,43+,44+;/m0./s1. The Morgan fingerprint density at radius 1 is 0.568 bits per heavy atom. The van der Waals surface area contributed by atoms with E-state index < -0.39 is 88.2 Å². The van der Waals surface area contributed by atoms with E-state index in [1.54, 1.807) is 27.9 Å². The van der Waals surface area contributed by atoms with Gasteiger partial charge < -0.3 is 52.3 Å². The maximum atomic E-state index is 14.7. The Labute approximate surface area is 443 Å². The van der Waals surface area contributed by atoms with Crippen molar-refractivity contribution < 1.29 is 38.4 Å². The van der Waals surface area contributed by atoms with E-state index >= 15 is 0 Å². The van der Waals surface area contributed by atoms with E-state index in [9.17, 15) is 38.4 Å². The van der Waals surface area contributed by atoms with Gasteiger partial charge in [0.15, 0.2) is 0 Å². The number of carbonyl (C=O) groups excluding carboxylic acids is 8. The lowest BCUT2D eigenvalue weighted by atomic mass is 9.85. The maximum absolute atomic E-state index is 14.7. The number of hydrogen-bond donors (Lipinski definition) is 8. The summed E-state index contributed by atoms with van der Waals surface area (Å²) in [6.07, 6.45) is 5.64. The summed E-state index contributed by atoms with van der Waals surface area (Å²) in [7, 11) is 3.30. The summed E-state index contributed by atoms with van der Waals surface area (Å²) in [5.74, 6) is -3.50. The van der Waals surface area contributed by atoms with Gasteiger partial charge in [-0.15, -0.1) is 12.4 Å². The molecule has 2 aromatic carbocycles. The van der Waals surface area contributed by atoms with Crippen LogP contribution in [-0.2, 0) is 51.2 Å². The lowest BCUT2D eigenvalue weighted by Crippen LogP contribution is -2.60. The second-order valence-electron chi connectivity index (χ2n) is 23.3. The van der Waals surface area contributed by atoms with Crippen LogP contribution in [0.1, 0.15) is 141 Å². The lowest BCUT2D eigenvalue weighted by Gasteiger charge is -2.36. The summed E-state index contributed by atoms with van der Waals surface area (Å²) in [5, 5.41) is 24.2. The maximum Gasteiger partial charge on any atom is 0.246 e. The van der Waals surface area contributed by atoms with Gasteiger partial charge in [-0.1, -0.05) is 90.1 Å². The fraction of sp³-hybridized carbons (Fsp3) is 0.636. The molecule has 0 radical (unpaired) electrons. The van der Waals surface area contributed by atoms with Crippen molar-refractivity contribution in [2.75, 3.05) is 27.2 Å². The number of halogens is 1. The van der Waals surface area contributed by atoms with Gasteiger partial charge in [-0.3, -0.25) is 38.4 Å². The van der Waals surface area contributed by atoms with Crippen LogP contribution >= 0.6 is 12.4 Å². The molecule has 7 rings (SSSR count). The van der Waals surface area contributed by atoms with E-state index in [1.165, 1.54) is 9.80 Å². The summed E-state index contributed by atoms with van der Waals surface area (Å²) in [5.41, 5.74) is 1.40. The van der Waals surface area contributed by atoms with Crippen LogP contribution < -0.4 is 42.5 Å². The molecule has 8 N–H and O–H groups in total. The first kappa shape index (κ1) is 57.7. The second kappa shape index (κ2) is 23.5. The van der Waals surface area contributed by atoms with Crippen LogP contribution in [-0.4, -0.2) is 133 Å². The first-order chi connectivity index (χ1) is 34.5. The fourth-order valence-corrected chi connectivity index (χ4v) is 11.0. The van der Waals surface area contributed by atoms with Crippen molar-refractivity contribution in [2.24, 2.45) is 16.2 Å². The zero-order chi connectivity index (χ0) is 53.2. The molecule has 406 valence electrons. The summed E-state index contributed by atoms with van der Waals surface area (Å²) in [6.45, 7) is 14.4. The van der Waals surface area contributed by atoms with Crippen molar-refractivity contribution in [3.05, 3.63) is 70.8 Å². The molecule has 1 saturated carbocycles. The Hall–Kier alpha value is -5.59. The average Bonchev–Trinajstić information content (AvgIpc) is 3.91. The number of likely N-dealkylation sites (N-methyl/N-ethyl adjacent to an activating group) is 2. The monoisotopic (exact) mass is 1040 g/mol. The minimum absolute atomic E-state index is 0. The molecular weight excluding hydrogens is 964 g/mol. The van der Waals surface area contributed by atoms with E-state index in [1.807, 2.05) is 77.9 Å². The number of amides is 8. The van der Waals surface area contributed by atoms with Crippen molar-refractivity contribution in [1.29, 1.82) is 0 Å². The molecule has 8 amide bonds. The van der Waals surface area contributed by atoms with Crippen molar-refractivity contribution in [2.45, 2.75) is 180 Å². The van der Waals surface area contributed by atoms with Crippen LogP contribution in [0.5, 0.6) is 0 Å². The minimum atomic E-state index is -1.46. The number of fused-ring (bicyclic) bond motifs is 2. The molecule has 2 heterocycles. The molecule has 0 spiro atoms. The Morgan fingerprint density at radius 2 is 0.932 bits per heavy atom. The number of nitrogens with zero attached hydrogens (tertiary/aromatic N) is 2. The number of benzene rings is 2. The van der Waals surface area contributed by atoms with Crippen LogP contribution in [0.3, 0.4) is 0 Å². The molecule has 10 atom stereocenters. The molecule has 3 aliphatic carbocycles. The topological polar surface area (TPSA) is 239 Å². The normalized spacial score (nSPS) is 24.5. The molecule has 19 heteroatoms. The smallest absolute Gasteiger partial charge is 0.246 e. The summed E-state index contributed by atoms with van der Waals surface area (Å²) >= 11 is 0. The zero-order valence-corrected chi connectivity index (χ0v) is 45.8. The van der Waals surface area contributed by atoms with Gasteiger partial charge in [-0.25, -0.2) is 0 Å². The minimum Gasteiger partial charge on any atom is -0.351 e. The van der Waals surface area contributed by atoms with Gasteiger partial charge in [0.25, 0.3) is 0 Å². The second-order valence-corrected chi connectivity index (χ2v) is 23.3. The number of rotatable bonds is 16. The molecule has 2 aliphatic heterocycles. The van der Waals surface area contributed by atoms with Gasteiger partial charge in [0, 0.05) is 25.2 Å². The molecule has 5 aliphatic rings. The van der Waals surface area contributed by atoms with Gasteiger partial charge in [0.1, 0.15) is 29.6 Å². The third-order valence-corrected chi connectivity index (χ3v) is 15.9. The molecule has 2 aromatic rings. The summed E-state index contributed by atoms with van der Waals surface area (Å²) < 4.78 is 0. The number of likely N-dealkylation sites (tertiary alicyclic amines) is 2. The molecule has 2 saturated heterocycles. The largest absolute Gasteiger partial charge is 0.351 e. The van der Waals surface area contributed by atoms with E-state index in [0.29, 0.717) is 0 Å². The number of hydrogen-bond acceptors (Lipinski definition) is 10. The molecule has 0 bridgehead atoms. The molecule has 3 fully saturated rings. The number of nitrogens with one attached hydrogen (secondary N) is 8. The van der Waals surface area contributed by atoms with Gasteiger partial charge in [-0.2, -0.15) is 0 Å². The third-order valence-electron chi connectivity index (χ3n) is 15.9. The first-order valence-corrected chi connectivity index (χ1v) is 26.4. The first-order valence-electron chi connectivity index (χ1n) is 26.4. The molecule has 74 heavy (non-hydrogen) atoms. The van der Waals surface area contributed by atoms with E-state index in [-0.39, 0.29) is 86.9 Å². The predicted molar refractivity (Wildman–Crippen MR) is 283 cm³/mol. The van der Waals surface area contributed by atoms with Crippen LogP contribution in [0.15, 0.2) is 48.5 Å². The third kappa shape index (κ3) is 12.7. The number of aryl methyl sites for hydroxylation is 2. The van der Waals surface area contributed by atoms with E-state index in [4.69, 9.17) is 0 Å². The number of carbonyl (C=O) groups is 8. The molecular formula is C55H81ClN10O8. The van der Waals surface area contributed by atoms with Crippen molar-refractivity contribution >= 4 is 59.7 Å². The summed E-state index contributed by atoms with van der Waals surface area (Å²) in [6, 6.07) is 8.83. The van der Waals surface area contributed by atoms with Gasteiger partial charge in [0.2, 0.25) is 47.3 Å². The van der Waals surface area contributed by atoms with E-state index in [0.717, 1.165) is 60.8 Å². The Morgan fingerprint density at radius 3 is 1.27 bits per heavy atom. The lowest BCUT2D eigenvalue weighted by molar-refractivity contribution is -0.144. The fourth-order valence-electron chi connectivity index (χ4n) is 11.0. The average molecular weight is 1050 g/mol. The van der Waals surface area contributed by atoms with Crippen molar-refractivity contribution in [1.82, 2.24) is 52.3 Å². The van der Waals surface area contributed by atoms with Crippen molar-refractivity contribution in [3.8, 4) is 0 Å². The highest BCUT2D eigenvalue weighted by molar-refractivity contribution is 6.08.